The van der Waals surface area contributed by atoms with Gasteiger partial charge in [-0.25, -0.2) is 18.4 Å². The van der Waals surface area contributed by atoms with E-state index in [4.69, 9.17) is 9.88 Å². The second kappa shape index (κ2) is 10.2. The number of hydrogen-bond acceptors (Lipinski definition) is 6. The molecule has 1 saturated heterocycles. The van der Waals surface area contributed by atoms with Crippen molar-refractivity contribution >= 4 is 27.7 Å². The zero-order chi connectivity index (χ0) is 22.4. The summed E-state index contributed by atoms with van der Waals surface area (Å²) in [4.78, 5) is 26.4. The van der Waals surface area contributed by atoms with E-state index in [-0.39, 0.29) is 16.8 Å². The summed E-state index contributed by atoms with van der Waals surface area (Å²) in [6.07, 6.45) is 2.94. The smallest absolute Gasteiger partial charge is 0.407 e. The highest BCUT2D eigenvalue weighted by atomic mass is 32.2. The second-order valence-corrected chi connectivity index (χ2v) is 10.00. The van der Waals surface area contributed by atoms with Gasteiger partial charge in [0, 0.05) is 31.2 Å². The lowest BCUT2D eigenvalue weighted by atomic mass is 10.0. The highest BCUT2D eigenvalue weighted by molar-refractivity contribution is 7.89. The van der Waals surface area contributed by atoms with Gasteiger partial charge in [-0.1, -0.05) is 6.42 Å². The fourth-order valence-electron chi connectivity index (χ4n) is 3.30. The molecule has 9 nitrogen and oxygen atoms in total. The van der Waals surface area contributed by atoms with Crippen LogP contribution >= 0.6 is 0 Å². The number of carbonyl (C=O) groups excluding carboxylic acids is 2. The third kappa shape index (κ3) is 8.29. The Labute approximate surface area is 178 Å². The van der Waals surface area contributed by atoms with Crippen LogP contribution in [0.25, 0.3) is 0 Å². The zero-order valence-corrected chi connectivity index (χ0v) is 18.6. The quantitative estimate of drug-likeness (QED) is 0.595. The number of anilines is 1. The minimum Gasteiger partial charge on any atom is -0.444 e. The molecule has 0 aliphatic carbocycles. The normalized spacial score (nSPS) is 17.9. The number of carbonyl (C=O) groups is 2. The Bertz CT molecular complexity index is 834. The first-order chi connectivity index (χ1) is 13.9. The summed E-state index contributed by atoms with van der Waals surface area (Å²) in [6.45, 7) is 7.38. The number of ether oxygens (including phenoxy) is 1. The number of sulfonamides is 1. The molecule has 1 aliphatic rings. The maximum atomic E-state index is 12.3. The van der Waals surface area contributed by atoms with Gasteiger partial charge in [0.25, 0.3) is 0 Å². The van der Waals surface area contributed by atoms with Crippen molar-refractivity contribution < 1.29 is 22.7 Å². The average Bonchev–Trinajstić information content (AvgIpc) is 2.63. The van der Waals surface area contributed by atoms with Crippen LogP contribution in [0.4, 0.5) is 10.5 Å². The van der Waals surface area contributed by atoms with Crippen LogP contribution in [-0.2, 0) is 19.6 Å². The van der Waals surface area contributed by atoms with Crippen molar-refractivity contribution in [1.82, 2.24) is 10.2 Å². The van der Waals surface area contributed by atoms with Crippen LogP contribution in [0.2, 0.25) is 0 Å². The van der Waals surface area contributed by atoms with E-state index < -0.39 is 21.7 Å². The van der Waals surface area contributed by atoms with Gasteiger partial charge in [-0.3, -0.25) is 9.69 Å². The van der Waals surface area contributed by atoms with E-state index >= 15 is 0 Å². The number of benzene rings is 1. The first-order valence-corrected chi connectivity index (χ1v) is 11.6. The van der Waals surface area contributed by atoms with Crippen molar-refractivity contribution in [3.63, 3.8) is 0 Å². The van der Waals surface area contributed by atoms with Crippen LogP contribution in [0.1, 0.15) is 46.5 Å². The molecule has 2 rings (SSSR count). The van der Waals surface area contributed by atoms with E-state index in [1.807, 2.05) is 20.8 Å². The van der Waals surface area contributed by atoms with Gasteiger partial charge in [-0.05, 0) is 64.4 Å². The lowest BCUT2D eigenvalue weighted by Gasteiger charge is -2.35. The summed E-state index contributed by atoms with van der Waals surface area (Å²) in [7, 11) is -3.76. The average molecular weight is 441 g/mol. The molecule has 0 spiro atoms. The molecular formula is C20H32N4O5S. The van der Waals surface area contributed by atoms with Crippen molar-refractivity contribution in [2.24, 2.45) is 5.14 Å². The molecule has 168 valence electrons. The van der Waals surface area contributed by atoms with Crippen molar-refractivity contribution in [3.8, 4) is 0 Å². The van der Waals surface area contributed by atoms with Crippen LogP contribution in [-0.4, -0.2) is 56.6 Å². The summed E-state index contributed by atoms with van der Waals surface area (Å²) in [5.41, 5.74) is -0.0322. The largest absolute Gasteiger partial charge is 0.444 e. The van der Waals surface area contributed by atoms with E-state index in [9.17, 15) is 18.0 Å². The zero-order valence-electron chi connectivity index (χ0n) is 17.8. The molecule has 2 amide bonds. The number of primary sulfonamides is 1. The Morgan fingerprint density at radius 2 is 1.87 bits per heavy atom. The number of nitrogens with one attached hydrogen (secondary N) is 2. The fraction of sp³-hybridized carbons (Fsp3) is 0.600. The third-order valence-corrected chi connectivity index (χ3v) is 5.65. The first-order valence-electron chi connectivity index (χ1n) is 10.1. The highest BCUT2D eigenvalue weighted by Crippen LogP contribution is 2.18. The topological polar surface area (TPSA) is 131 Å². The van der Waals surface area contributed by atoms with Gasteiger partial charge in [0.2, 0.25) is 15.9 Å². The lowest BCUT2D eigenvalue weighted by molar-refractivity contribution is -0.116. The molecule has 1 unspecified atom stereocenters. The molecule has 0 saturated carbocycles. The number of piperidine rings is 1. The summed E-state index contributed by atoms with van der Waals surface area (Å²) < 4.78 is 27.9. The Hall–Kier alpha value is -2.17. The van der Waals surface area contributed by atoms with E-state index in [0.717, 1.165) is 25.8 Å². The molecule has 1 heterocycles. The lowest BCUT2D eigenvalue weighted by Crippen LogP contribution is -2.48. The number of nitrogens with two attached hydrogens (primary N) is 1. The van der Waals surface area contributed by atoms with Gasteiger partial charge >= 0.3 is 6.09 Å². The molecule has 0 aromatic heterocycles. The SMILES string of the molecule is CC(C)(C)OC(=O)NCC1CCCCN1CCC(=O)Nc1ccc(S(N)(=O)=O)cc1. The molecule has 1 atom stereocenters. The molecule has 30 heavy (non-hydrogen) atoms. The monoisotopic (exact) mass is 440 g/mol. The van der Waals surface area contributed by atoms with Crippen LogP contribution in [0.15, 0.2) is 29.2 Å². The maximum Gasteiger partial charge on any atom is 0.407 e. The summed E-state index contributed by atoms with van der Waals surface area (Å²) >= 11 is 0. The molecule has 1 aromatic rings. The van der Waals surface area contributed by atoms with Gasteiger partial charge in [0.05, 0.1) is 4.90 Å². The van der Waals surface area contributed by atoms with Gasteiger partial charge in [0.1, 0.15) is 5.60 Å². The van der Waals surface area contributed by atoms with E-state index in [1.165, 1.54) is 24.3 Å². The standard InChI is InChI=1S/C20H32N4O5S/c1-20(2,3)29-19(26)22-14-16-6-4-5-12-24(16)13-11-18(25)23-15-7-9-17(10-8-15)30(21,27)28/h7-10,16H,4-6,11-14H2,1-3H3,(H,22,26)(H,23,25)(H2,21,27,28). The fourth-order valence-corrected chi connectivity index (χ4v) is 3.81. The molecule has 10 heteroatoms. The van der Waals surface area contributed by atoms with E-state index in [2.05, 4.69) is 15.5 Å². The van der Waals surface area contributed by atoms with Crippen molar-refractivity contribution in [2.45, 2.75) is 63.0 Å². The predicted octanol–water partition coefficient (Wildman–Crippen LogP) is 2.04. The van der Waals surface area contributed by atoms with E-state index in [1.54, 1.807) is 0 Å². The molecule has 4 N–H and O–H groups in total. The minimum absolute atomic E-state index is 0.00542. The highest BCUT2D eigenvalue weighted by Gasteiger charge is 2.24. The third-order valence-electron chi connectivity index (χ3n) is 4.72. The van der Waals surface area contributed by atoms with E-state index in [0.29, 0.717) is 25.2 Å². The Morgan fingerprint density at radius 1 is 1.20 bits per heavy atom. The Morgan fingerprint density at radius 3 is 2.47 bits per heavy atom. The van der Waals surface area contributed by atoms with Crippen molar-refractivity contribution in [3.05, 3.63) is 24.3 Å². The van der Waals surface area contributed by atoms with Crippen LogP contribution in [0.5, 0.6) is 0 Å². The van der Waals surface area contributed by atoms with Crippen LogP contribution < -0.4 is 15.8 Å². The van der Waals surface area contributed by atoms with Gasteiger partial charge in [-0.2, -0.15) is 0 Å². The van der Waals surface area contributed by atoms with Crippen molar-refractivity contribution in [1.29, 1.82) is 0 Å². The number of amides is 2. The second-order valence-electron chi connectivity index (χ2n) is 8.44. The molecule has 1 aromatic carbocycles. The minimum atomic E-state index is -3.76. The first kappa shape index (κ1) is 24.1. The molecule has 1 aliphatic heterocycles. The number of nitrogens with zero attached hydrogens (tertiary/aromatic N) is 1. The molecule has 1 fully saturated rings. The number of hydrogen-bond donors (Lipinski definition) is 3. The molecule has 0 bridgehead atoms. The summed E-state index contributed by atoms with van der Waals surface area (Å²) in [6, 6.07) is 5.88. The Balaban J connectivity index is 1.82. The van der Waals surface area contributed by atoms with Gasteiger partial charge in [-0.15, -0.1) is 0 Å². The molecule has 0 radical (unpaired) electrons. The summed E-state index contributed by atoms with van der Waals surface area (Å²) in [5, 5.41) is 10.7. The van der Waals surface area contributed by atoms with Crippen LogP contribution in [0.3, 0.4) is 0 Å². The summed E-state index contributed by atoms with van der Waals surface area (Å²) in [5.74, 6) is -0.164. The Kier molecular flexibility index (Phi) is 8.22. The maximum absolute atomic E-state index is 12.3. The van der Waals surface area contributed by atoms with Crippen molar-refractivity contribution in [2.75, 3.05) is 25.0 Å². The number of likely N-dealkylation sites (tertiary alicyclic amines) is 1. The predicted molar refractivity (Wildman–Crippen MR) is 115 cm³/mol. The number of rotatable bonds is 7. The molecular weight excluding hydrogens is 408 g/mol. The number of alkyl carbamates (subject to hydrolysis) is 1. The van der Waals surface area contributed by atoms with Crippen LogP contribution in [0, 0.1) is 0 Å². The van der Waals surface area contributed by atoms with Gasteiger partial charge < -0.3 is 15.4 Å². The van der Waals surface area contributed by atoms with Gasteiger partial charge in [0.15, 0.2) is 0 Å².